The second kappa shape index (κ2) is 22.2. The molecule has 10 atom stereocenters. The normalized spacial score (nSPS) is 24.8. The van der Waals surface area contributed by atoms with Gasteiger partial charge in [-0.15, -0.1) is 23.4 Å². The Labute approximate surface area is 359 Å². The van der Waals surface area contributed by atoms with Gasteiger partial charge in [0.2, 0.25) is 11.8 Å². The molecule has 5 rings (SSSR count). The average molecular weight is 888 g/mol. The fourth-order valence-electron chi connectivity index (χ4n) is 7.71. The number of methoxy groups -OCH3 is 2. The van der Waals surface area contributed by atoms with Crippen LogP contribution in [0.1, 0.15) is 64.0 Å². The molecule has 0 aliphatic carbocycles. The molecular weight excluding hydrogens is 827 g/mol. The molecule has 7 unspecified atom stereocenters. The van der Waals surface area contributed by atoms with Crippen LogP contribution < -0.4 is 30.6 Å². The van der Waals surface area contributed by atoms with Gasteiger partial charge in [0.05, 0.1) is 48.3 Å². The summed E-state index contributed by atoms with van der Waals surface area (Å²) in [4.78, 5) is 19.5. The second-order valence-electron chi connectivity index (χ2n) is 15.5. The Bertz CT molecular complexity index is 1860. The van der Waals surface area contributed by atoms with Crippen LogP contribution in [-0.4, -0.2) is 125 Å². The van der Waals surface area contributed by atoms with E-state index < -0.39 is 53.0 Å². The molecule has 0 saturated carbocycles. The number of thioether (sulfide) groups is 1. The summed E-state index contributed by atoms with van der Waals surface area (Å²) in [6, 6.07) is 7.36. The number of ether oxygens (including phenoxy) is 4. The molecule has 1 aromatic heterocycles. The smallest absolute Gasteiger partial charge is 0.416 e. The molecule has 13 nitrogen and oxygen atoms in total. The number of benzene rings is 2. The minimum absolute atomic E-state index is 0.0386. The van der Waals surface area contributed by atoms with Crippen LogP contribution in [0.15, 0.2) is 36.4 Å². The number of carbonyl (C=O) groups is 1. The Morgan fingerprint density at radius 2 is 1.85 bits per heavy atom. The number of aromatic nitrogens is 1. The van der Waals surface area contributed by atoms with Gasteiger partial charge in [-0.2, -0.15) is 13.2 Å². The van der Waals surface area contributed by atoms with Gasteiger partial charge in [-0.25, -0.2) is 4.98 Å². The molecule has 18 heteroatoms. The summed E-state index contributed by atoms with van der Waals surface area (Å²) in [6.07, 6.45) is -2.87. The molecular formula is C42H61ClF3N5O8S. The number of carbonyl (C=O) groups excluding carboxylic acids is 1. The lowest BCUT2D eigenvalue weighted by Gasteiger charge is -2.44. The van der Waals surface area contributed by atoms with Gasteiger partial charge in [0.15, 0.2) is 11.5 Å². The lowest BCUT2D eigenvalue weighted by atomic mass is 9.92. The molecule has 336 valence electrons. The molecule has 3 heterocycles. The third kappa shape index (κ3) is 12.2. The molecule has 2 fully saturated rings. The van der Waals surface area contributed by atoms with Crippen molar-refractivity contribution in [3.8, 4) is 23.1 Å². The fraction of sp³-hybridized carbons (Fsp3) is 0.619. The number of fused-ring (bicyclic) bond motifs is 1. The topological polar surface area (TPSA) is 181 Å². The van der Waals surface area contributed by atoms with Crippen LogP contribution in [-0.2, 0) is 15.7 Å². The summed E-state index contributed by atoms with van der Waals surface area (Å²) in [5.41, 5.74) is 6.17. The average Bonchev–Trinajstić information content (AvgIpc) is 3.58. The van der Waals surface area contributed by atoms with Gasteiger partial charge in [0.1, 0.15) is 41.1 Å². The van der Waals surface area contributed by atoms with Crippen molar-refractivity contribution in [2.24, 2.45) is 11.7 Å². The molecule has 2 aliphatic heterocycles. The summed E-state index contributed by atoms with van der Waals surface area (Å²) in [5, 5.41) is 37.1. The SMILES string of the molecule is CCCC1C[C@@H](C(=O)NC(C(C)Cl)C2O[C@H](SC)C(O)C(O)[C@H]2O)N(C)C1.COc1cc(C)c2c(Oc3cccc(C(F)(F)F)c3)c(OC)cc(NC(C)CCCN)c2n1. The first-order valence-corrected chi connectivity index (χ1v) is 21.9. The lowest BCUT2D eigenvalue weighted by Crippen LogP contribution is -2.65. The molecule has 2 saturated heterocycles. The molecule has 7 N–H and O–H groups in total. The summed E-state index contributed by atoms with van der Waals surface area (Å²) < 4.78 is 62.3. The van der Waals surface area contributed by atoms with E-state index in [1.165, 1.54) is 38.1 Å². The Hall–Kier alpha value is -3.29. The maximum absolute atomic E-state index is 13.2. The first kappa shape index (κ1) is 49.4. The van der Waals surface area contributed by atoms with Gasteiger partial charge >= 0.3 is 6.18 Å². The van der Waals surface area contributed by atoms with Crippen LogP contribution in [0.2, 0.25) is 0 Å². The van der Waals surface area contributed by atoms with Gasteiger partial charge in [-0.05, 0) is 96.0 Å². The fourth-order valence-corrected chi connectivity index (χ4v) is 8.59. The van der Waals surface area contributed by atoms with Crippen LogP contribution in [0.3, 0.4) is 0 Å². The molecule has 0 spiro atoms. The van der Waals surface area contributed by atoms with E-state index in [4.69, 9.17) is 36.3 Å². The number of aryl methyl sites for hydroxylation is 1. The Morgan fingerprint density at radius 1 is 1.13 bits per heavy atom. The number of nitrogens with two attached hydrogens (primary N) is 1. The quantitative estimate of drug-likeness (QED) is 0.0884. The van der Waals surface area contributed by atoms with Crippen LogP contribution >= 0.6 is 23.4 Å². The Kier molecular flexibility index (Phi) is 18.2. The van der Waals surface area contributed by atoms with Crippen molar-refractivity contribution < 1.29 is 52.2 Å². The zero-order chi connectivity index (χ0) is 44.5. The maximum atomic E-state index is 13.2. The Balaban J connectivity index is 0.000000270. The number of aliphatic hydroxyl groups is 3. The lowest BCUT2D eigenvalue weighted by molar-refractivity contribution is -0.205. The number of likely N-dealkylation sites (tertiary alicyclic amines) is 1. The molecule has 60 heavy (non-hydrogen) atoms. The highest BCUT2D eigenvalue weighted by atomic mass is 35.5. The Morgan fingerprint density at radius 3 is 2.45 bits per heavy atom. The third-order valence-corrected chi connectivity index (χ3v) is 12.0. The number of alkyl halides is 4. The van der Waals surface area contributed by atoms with Crippen molar-refractivity contribution >= 4 is 45.9 Å². The number of likely N-dealkylation sites (N-methyl/N-ethyl adjacent to an activating group) is 1. The van der Waals surface area contributed by atoms with Crippen LogP contribution in [0.25, 0.3) is 10.9 Å². The third-order valence-electron chi connectivity index (χ3n) is 10.9. The number of amides is 1. The molecule has 2 aromatic carbocycles. The number of hydrogen-bond acceptors (Lipinski definition) is 13. The van der Waals surface area contributed by atoms with E-state index >= 15 is 0 Å². The van der Waals surface area contributed by atoms with Crippen LogP contribution in [0.5, 0.6) is 23.1 Å². The minimum atomic E-state index is -4.48. The highest BCUT2D eigenvalue weighted by molar-refractivity contribution is 7.99. The summed E-state index contributed by atoms with van der Waals surface area (Å²) in [5.74, 6) is 1.44. The highest BCUT2D eigenvalue weighted by Gasteiger charge is 2.48. The summed E-state index contributed by atoms with van der Waals surface area (Å²) in [7, 11) is 4.94. The molecule has 0 radical (unpaired) electrons. The second-order valence-corrected chi connectivity index (χ2v) is 17.1. The zero-order valence-electron chi connectivity index (χ0n) is 35.5. The number of pyridine rings is 1. The van der Waals surface area contributed by atoms with E-state index in [0.29, 0.717) is 40.7 Å². The molecule has 0 bridgehead atoms. The number of nitrogens with zero attached hydrogens (tertiary/aromatic N) is 2. The van der Waals surface area contributed by atoms with Crippen molar-refractivity contribution in [1.29, 1.82) is 0 Å². The van der Waals surface area contributed by atoms with E-state index in [1.54, 1.807) is 25.3 Å². The van der Waals surface area contributed by atoms with Crippen molar-refractivity contribution in [2.75, 3.05) is 45.9 Å². The van der Waals surface area contributed by atoms with E-state index in [2.05, 4.69) is 22.5 Å². The van der Waals surface area contributed by atoms with E-state index in [0.717, 1.165) is 56.3 Å². The van der Waals surface area contributed by atoms with Crippen molar-refractivity contribution in [3.05, 3.63) is 47.5 Å². The van der Waals surface area contributed by atoms with Gasteiger partial charge in [-0.3, -0.25) is 9.69 Å². The number of nitrogens with one attached hydrogen (secondary N) is 2. The van der Waals surface area contributed by atoms with Crippen molar-refractivity contribution in [2.45, 2.75) is 119 Å². The number of rotatable bonds is 16. The molecule has 2 aliphatic rings. The van der Waals surface area contributed by atoms with Crippen molar-refractivity contribution in [1.82, 2.24) is 15.2 Å². The number of hydrogen-bond donors (Lipinski definition) is 6. The number of halogens is 4. The minimum Gasteiger partial charge on any atom is -0.493 e. The summed E-state index contributed by atoms with van der Waals surface area (Å²) in [6.45, 7) is 9.22. The van der Waals surface area contributed by atoms with E-state index in [1.807, 2.05) is 25.8 Å². The van der Waals surface area contributed by atoms with Crippen LogP contribution in [0.4, 0.5) is 18.9 Å². The highest BCUT2D eigenvalue weighted by Crippen LogP contribution is 2.45. The first-order valence-electron chi connectivity index (χ1n) is 20.1. The van der Waals surface area contributed by atoms with Crippen LogP contribution in [0, 0.1) is 12.8 Å². The number of aliphatic hydroxyl groups excluding tert-OH is 3. The van der Waals surface area contributed by atoms with Crippen molar-refractivity contribution in [3.63, 3.8) is 0 Å². The van der Waals surface area contributed by atoms with E-state index in [-0.39, 0.29) is 29.5 Å². The zero-order valence-corrected chi connectivity index (χ0v) is 37.0. The first-order chi connectivity index (χ1) is 28.4. The van der Waals surface area contributed by atoms with Gasteiger partial charge in [0, 0.05) is 24.7 Å². The van der Waals surface area contributed by atoms with Gasteiger partial charge in [-0.1, -0.05) is 19.4 Å². The predicted octanol–water partition coefficient (Wildman–Crippen LogP) is 6.30. The number of anilines is 1. The largest absolute Gasteiger partial charge is 0.493 e. The molecule has 3 aromatic rings. The van der Waals surface area contributed by atoms with Gasteiger partial charge in [0.25, 0.3) is 0 Å². The van der Waals surface area contributed by atoms with E-state index in [9.17, 15) is 33.3 Å². The van der Waals surface area contributed by atoms with Gasteiger partial charge < -0.3 is 50.6 Å². The maximum Gasteiger partial charge on any atom is 0.416 e. The monoisotopic (exact) mass is 887 g/mol. The summed E-state index contributed by atoms with van der Waals surface area (Å²) >= 11 is 7.55. The standard InChI is InChI=1S/C24H28F3N3O3.C18H33ClN2O5S/c1-14-11-20(32-4)30-22-18(29-15(2)7-6-10-28)13-19(31-3)23(21(14)22)33-17-9-5-8-16(12-17)24(25,26)27;1-5-6-10-7-11(21(3)8-10)17(25)20-12(9(2)19)16-14(23)13(22)15(24)18(26-16)27-4/h5,8-9,11-13,15,29H,6-7,10,28H2,1-4H3;9-16,18,22-24H,5-8H2,1-4H3,(H,20,25)/t;9?,10?,11-,12?,13?,14+,15?,16?,18+/m.0/s1. The predicted molar refractivity (Wildman–Crippen MR) is 229 cm³/mol. The molecule has 1 amide bonds.